The fourth-order valence-corrected chi connectivity index (χ4v) is 5.87. The Labute approximate surface area is 246 Å². The molecule has 3 aromatic carbocycles. The third-order valence-corrected chi connectivity index (χ3v) is 7.98. The summed E-state index contributed by atoms with van der Waals surface area (Å²) in [5.41, 5.74) is 6.40. The lowest BCUT2D eigenvalue weighted by molar-refractivity contribution is 0.0696. The highest BCUT2D eigenvalue weighted by Crippen LogP contribution is 2.37. The molecule has 0 radical (unpaired) electrons. The van der Waals surface area contributed by atoms with Crippen LogP contribution in [0.1, 0.15) is 54.1 Å². The van der Waals surface area contributed by atoms with Crippen molar-refractivity contribution in [2.45, 2.75) is 44.8 Å². The summed E-state index contributed by atoms with van der Waals surface area (Å²) in [6, 6.07) is 19.4. The van der Waals surface area contributed by atoms with Crippen LogP contribution < -0.4 is 4.74 Å². The Bertz CT molecular complexity index is 1880. The van der Waals surface area contributed by atoms with Gasteiger partial charge >= 0.3 is 5.97 Å². The molecule has 1 fully saturated rings. The SMILES string of the molecule is O=C(O)c1ccc(-c2cncnc2)c(COc2ccc(-c3nc4cc(-c5nnn[nH]5)ccc4n3C3CCCCC3)cc2)c1. The zero-order valence-corrected chi connectivity index (χ0v) is 23.2. The second-order valence-corrected chi connectivity index (χ2v) is 10.7. The number of H-pyrrole nitrogens is 1. The molecule has 214 valence electrons. The predicted molar refractivity (Wildman–Crippen MR) is 159 cm³/mol. The van der Waals surface area contributed by atoms with Gasteiger partial charge in [0.25, 0.3) is 0 Å². The van der Waals surface area contributed by atoms with Crippen molar-refractivity contribution in [3.63, 3.8) is 0 Å². The number of hydrogen-bond acceptors (Lipinski definition) is 8. The van der Waals surface area contributed by atoms with Crippen LogP contribution in [0.4, 0.5) is 0 Å². The van der Waals surface area contributed by atoms with Gasteiger partial charge in [-0.25, -0.2) is 24.8 Å². The number of imidazole rings is 1. The van der Waals surface area contributed by atoms with Gasteiger partial charge in [-0.2, -0.15) is 0 Å². The van der Waals surface area contributed by atoms with Crippen LogP contribution in [-0.4, -0.2) is 51.2 Å². The molecule has 0 bridgehead atoms. The average Bonchev–Trinajstić information content (AvgIpc) is 3.73. The Balaban J connectivity index is 1.19. The first-order valence-electron chi connectivity index (χ1n) is 14.2. The van der Waals surface area contributed by atoms with Crippen molar-refractivity contribution in [2.75, 3.05) is 0 Å². The molecule has 0 unspecified atom stereocenters. The first kappa shape index (κ1) is 26.4. The van der Waals surface area contributed by atoms with Crippen molar-refractivity contribution in [3.05, 3.63) is 90.5 Å². The van der Waals surface area contributed by atoms with E-state index in [9.17, 15) is 9.90 Å². The van der Waals surface area contributed by atoms with Crippen molar-refractivity contribution in [2.24, 2.45) is 0 Å². The number of hydrogen-bond donors (Lipinski definition) is 2. The Kier molecular flexibility index (Phi) is 7.04. The summed E-state index contributed by atoms with van der Waals surface area (Å²) in [4.78, 5) is 25.0. The number of rotatable bonds is 8. The molecule has 11 heteroatoms. The normalized spacial score (nSPS) is 13.8. The maximum absolute atomic E-state index is 11.6. The Hall–Kier alpha value is -5.45. The second kappa shape index (κ2) is 11.4. The van der Waals surface area contributed by atoms with Crippen LogP contribution in [0.3, 0.4) is 0 Å². The number of aromatic nitrogens is 8. The van der Waals surface area contributed by atoms with E-state index in [1.807, 2.05) is 36.4 Å². The molecule has 0 amide bonds. The minimum atomic E-state index is -0.994. The average molecular weight is 573 g/mol. The van der Waals surface area contributed by atoms with Crippen molar-refractivity contribution in [1.82, 2.24) is 40.1 Å². The van der Waals surface area contributed by atoms with Crippen LogP contribution in [0.15, 0.2) is 79.4 Å². The van der Waals surface area contributed by atoms with Crippen molar-refractivity contribution in [3.8, 4) is 39.7 Å². The summed E-state index contributed by atoms with van der Waals surface area (Å²) >= 11 is 0. The van der Waals surface area contributed by atoms with E-state index in [1.165, 1.54) is 25.6 Å². The van der Waals surface area contributed by atoms with E-state index in [-0.39, 0.29) is 12.2 Å². The second-order valence-electron chi connectivity index (χ2n) is 10.7. The number of ether oxygens (including phenoxy) is 1. The highest BCUT2D eigenvalue weighted by Gasteiger charge is 2.23. The number of nitrogens with one attached hydrogen (secondary N) is 1. The van der Waals surface area contributed by atoms with Gasteiger partial charge in [0.05, 0.1) is 16.6 Å². The number of carbonyl (C=O) groups is 1. The molecular formula is C32H28N8O3. The number of fused-ring (bicyclic) bond motifs is 1. The molecule has 6 aromatic rings. The largest absolute Gasteiger partial charge is 0.489 e. The van der Waals surface area contributed by atoms with E-state index in [1.54, 1.807) is 30.6 Å². The van der Waals surface area contributed by atoms with E-state index in [2.05, 4.69) is 41.2 Å². The molecule has 3 heterocycles. The summed E-state index contributed by atoms with van der Waals surface area (Å²) in [5.74, 6) is 1.20. The predicted octanol–water partition coefficient (Wildman–Crippen LogP) is 6.12. The van der Waals surface area contributed by atoms with E-state index < -0.39 is 5.97 Å². The van der Waals surface area contributed by atoms with Gasteiger partial charge in [0, 0.05) is 35.1 Å². The molecule has 1 aliphatic carbocycles. The van der Waals surface area contributed by atoms with E-state index in [0.29, 0.717) is 17.6 Å². The number of tetrazole rings is 1. The molecule has 43 heavy (non-hydrogen) atoms. The Morgan fingerprint density at radius 1 is 0.930 bits per heavy atom. The molecular weight excluding hydrogens is 544 g/mol. The van der Waals surface area contributed by atoms with E-state index in [4.69, 9.17) is 9.72 Å². The first-order chi connectivity index (χ1) is 21.1. The number of aromatic carboxylic acids is 1. The molecule has 1 saturated carbocycles. The lowest BCUT2D eigenvalue weighted by atomic mass is 9.95. The maximum Gasteiger partial charge on any atom is 0.335 e. The van der Waals surface area contributed by atoms with Crippen LogP contribution in [0, 0.1) is 0 Å². The Morgan fingerprint density at radius 2 is 1.72 bits per heavy atom. The molecule has 7 rings (SSSR count). The zero-order valence-electron chi connectivity index (χ0n) is 23.2. The van der Waals surface area contributed by atoms with Crippen LogP contribution in [0.5, 0.6) is 5.75 Å². The molecule has 11 nitrogen and oxygen atoms in total. The third-order valence-electron chi connectivity index (χ3n) is 7.98. The van der Waals surface area contributed by atoms with Crippen LogP contribution in [0.2, 0.25) is 0 Å². The van der Waals surface area contributed by atoms with Gasteiger partial charge < -0.3 is 14.4 Å². The number of aromatic amines is 1. The van der Waals surface area contributed by atoms with Gasteiger partial charge in [-0.05, 0) is 89.0 Å². The van der Waals surface area contributed by atoms with Crippen molar-refractivity contribution < 1.29 is 14.6 Å². The zero-order chi connectivity index (χ0) is 29.2. The number of nitrogens with zero attached hydrogens (tertiary/aromatic N) is 7. The molecule has 0 atom stereocenters. The first-order valence-corrected chi connectivity index (χ1v) is 14.2. The Morgan fingerprint density at radius 3 is 2.47 bits per heavy atom. The third kappa shape index (κ3) is 5.32. The fraction of sp³-hybridized carbons (Fsp3) is 0.219. The van der Waals surface area contributed by atoms with E-state index >= 15 is 0 Å². The van der Waals surface area contributed by atoms with Gasteiger partial charge in [0.2, 0.25) is 0 Å². The molecule has 2 N–H and O–H groups in total. The lowest BCUT2D eigenvalue weighted by Crippen LogP contribution is -2.14. The maximum atomic E-state index is 11.6. The van der Waals surface area contributed by atoms with Gasteiger partial charge in [0.1, 0.15) is 24.5 Å². The topological polar surface area (TPSA) is 145 Å². The van der Waals surface area contributed by atoms with Gasteiger partial charge in [-0.1, -0.05) is 25.3 Å². The summed E-state index contributed by atoms with van der Waals surface area (Å²) in [7, 11) is 0. The van der Waals surface area contributed by atoms with Crippen LogP contribution in [0.25, 0.3) is 44.9 Å². The molecule has 0 spiro atoms. The van der Waals surface area contributed by atoms with Gasteiger partial charge in [-0.3, -0.25) is 0 Å². The van der Waals surface area contributed by atoms with Crippen molar-refractivity contribution >= 4 is 17.0 Å². The highest BCUT2D eigenvalue weighted by atomic mass is 16.5. The number of carboxylic acid groups (broad SMARTS) is 1. The van der Waals surface area contributed by atoms with Gasteiger partial charge in [0.15, 0.2) is 5.82 Å². The standard InChI is InChI=1S/C32H28N8O3/c41-32(42)22-8-12-27(24-16-33-19-34-17-24)23(14-22)18-43-26-10-6-20(7-11-26)31-35-28-15-21(30-36-38-39-37-30)9-13-29(28)40(31)25-4-2-1-3-5-25/h6-17,19,25H,1-5,18H2,(H,41,42)(H,36,37,38,39). The summed E-state index contributed by atoms with van der Waals surface area (Å²) < 4.78 is 8.55. The summed E-state index contributed by atoms with van der Waals surface area (Å²) in [6.07, 6.45) is 10.8. The van der Waals surface area contributed by atoms with E-state index in [0.717, 1.165) is 57.5 Å². The monoisotopic (exact) mass is 572 g/mol. The molecule has 0 saturated heterocycles. The smallest absolute Gasteiger partial charge is 0.335 e. The minimum absolute atomic E-state index is 0.185. The highest BCUT2D eigenvalue weighted by molar-refractivity contribution is 5.89. The molecule has 3 aromatic heterocycles. The number of carboxylic acids is 1. The van der Waals surface area contributed by atoms with Crippen LogP contribution >= 0.6 is 0 Å². The molecule has 1 aliphatic rings. The quantitative estimate of drug-likeness (QED) is 0.220. The fourth-order valence-electron chi connectivity index (χ4n) is 5.87. The van der Waals surface area contributed by atoms with Crippen LogP contribution in [-0.2, 0) is 6.61 Å². The number of benzene rings is 3. The minimum Gasteiger partial charge on any atom is -0.489 e. The molecule has 0 aliphatic heterocycles. The van der Waals surface area contributed by atoms with Gasteiger partial charge in [-0.15, -0.1) is 5.10 Å². The van der Waals surface area contributed by atoms with Crippen molar-refractivity contribution in [1.29, 1.82) is 0 Å². The summed E-state index contributed by atoms with van der Waals surface area (Å²) in [6.45, 7) is 0.185. The lowest BCUT2D eigenvalue weighted by Gasteiger charge is -2.25. The summed E-state index contributed by atoms with van der Waals surface area (Å²) in [5, 5.41) is 23.8.